The predicted molar refractivity (Wildman–Crippen MR) is 78.1 cm³/mol. The van der Waals surface area contributed by atoms with Crippen LogP contribution < -0.4 is 4.74 Å². The average molecular weight is 260 g/mol. The molecular weight excluding hydrogens is 236 g/mol. The molecule has 19 heavy (non-hydrogen) atoms. The highest BCUT2D eigenvalue weighted by Crippen LogP contribution is 2.35. The highest BCUT2D eigenvalue weighted by atomic mass is 16.5. The van der Waals surface area contributed by atoms with E-state index in [2.05, 4.69) is 19.9 Å². The van der Waals surface area contributed by atoms with Crippen LogP contribution in [0.4, 0.5) is 0 Å². The maximum Gasteiger partial charge on any atom is 0.165 e. The number of benzene rings is 1. The molecular formula is C17H24O2. The molecule has 0 fully saturated rings. The Hall–Kier alpha value is -1.31. The molecule has 0 saturated carbocycles. The standard InChI is InChI=1S/C17H24O2/c1-11(2)15-10-14(16(18)12(3)4)9-13-7-5-6-8-19-17(13)15/h9-12H,5-8H2,1-4H3. The first-order valence-electron chi connectivity index (χ1n) is 7.34. The zero-order chi connectivity index (χ0) is 14.0. The molecule has 2 rings (SSSR count). The van der Waals surface area contributed by atoms with Gasteiger partial charge in [0, 0.05) is 11.5 Å². The fraction of sp³-hybridized carbons (Fsp3) is 0.588. The molecule has 1 aliphatic heterocycles. The normalized spacial score (nSPS) is 15.1. The Morgan fingerprint density at radius 3 is 2.53 bits per heavy atom. The lowest BCUT2D eigenvalue weighted by molar-refractivity contribution is 0.0939. The topological polar surface area (TPSA) is 26.3 Å². The van der Waals surface area contributed by atoms with Gasteiger partial charge in [0.15, 0.2) is 5.78 Å². The van der Waals surface area contributed by atoms with Crippen molar-refractivity contribution in [3.8, 4) is 5.75 Å². The first-order valence-corrected chi connectivity index (χ1v) is 7.34. The summed E-state index contributed by atoms with van der Waals surface area (Å²) in [5.74, 6) is 1.69. The Morgan fingerprint density at radius 1 is 1.16 bits per heavy atom. The maximum atomic E-state index is 12.3. The van der Waals surface area contributed by atoms with Gasteiger partial charge in [0.2, 0.25) is 0 Å². The summed E-state index contributed by atoms with van der Waals surface area (Å²) in [6.07, 6.45) is 3.26. The van der Waals surface area contributed by atoms with Crippen LogP contribution in [0.15, 0.2) is 12.1 Å². The largest absolute Gasteiger partial charge is 0.493 e. The molecule has 0 saturated heterocycles. The van der Waals surface area contributed by atoms with Crippen LogP contribution in [-0.4, -0.2) is 12.4 Å². The van der Waals surface area contributed by atoms with E-state index >= 15 is 0 Å². The van der Waals surface area contributed by atoms with Gasteiger partial charge in [0.1, 0.15) is 5.75 Å². The molecule has 2 heteroatoms. The summed E-state index contributed by atoms with van der Waals surface area (Å²) in [5, 5.41) is 0. The van der Waals surface area contributed by atoms with Crippen LogP contribution in [0.25, 0.3) is 0 Å². The van der Waals surface area contributed by atoms with Crippen molar-refractivity contribution in [1.82, 2.24) is 0 Å². The molecule has 0 N–H and O–H groups in total. The van der Waals surface area contributed by atoms with E-state index in [0.29, 0.717) is 5.92 Å². The number of ether oxygens (including phenoxy) is 1. The van der Waals surface area contributed by atoms with Crippen molar-refractivity contribution in [2.45, 2.75) is 52.9 Å². The van der Waals surface area contributed by atoms with Crippen molar-refractivity contribution >= 4 is 5.78 Å². The molecule has 1 aromatic carbocycles. The number of hydrogen-bond acceptors (Lipinski definition) is 2. The Kier molecular flexibility index (Phi) is 4.28. The Morgan fingerprint density at radius 2 is 1.89 bits per heavy atom. The molecule has 0 unspecified atom stereocenters. The summed E-state index contributed by atoms with van der Waals surface area (Å²) in [6.45, 7) is 9.03. The number of rotatable bonds is 3. The summed E-state index contributed by atoms with van der Waals surface area (Å²) < 4.78 is 5.92. The minimum atomic E-state index is 0.0461. The molecule has 1 heterocycles. The van der Waals surface area contributed by atoms with Crippen molar-refractivity contribution in [2.75, 3.05) is 6.61 Å². The van der Waals surface area contributed by atoms with E-state index in [1.807, 2.05) is 19.9 Å². The van der Waals surface area contributed by atoms with Crippen LogP contribution in [-0.2, 0) is 6.42 Å². The van der Waals surface area contributed by atoms with E-state index in [1.54, 1.807) is 0 Å². The molecule has 2 nitrogen and oxygen atoms in total. The van der Waals surface area contributed by atoms with Gasteiger partial charge in [-0.3, -0.25) is 4.79 Å². The second-order valence-electron chi connectivity index (χ2n) is 6.03. The summed E-state index contributed by atoms with van der Waals surface area (Å²) >= 11 is 0. The number of fused-ring (bicyclic) bond motifs is 1. The van der Waals surface area contributed by atoms with Gasteiger partial charge in [-0.2, -0.15) is 0 Å². The zero-order valence-electron chi connectivity index (χ0n) is 12.5. The number of hydrogen-bond donors (Lipinski definition) is 0. The molecule has 0 bridgehead atoms. The van der Waals surface area contributed by atoms with Crippen LogP contribution in [0.3, 0.4) is 0 Å². The molecule has 104 valence electrons. The van der Waals surface area contributed by atoms with Crippen molar-refractivity contribution in [3.63, 3.8) is 0 Å². The highest BCUT2D eigenvalue weighted by molar-refractivity contribution is 5.98. The third-order valence-corrected chi connectivity index (χ3v) is 3.71. The average Bonchev–Trinajstić information content (AvgIpc) is 2.61. The van der Waals surface area contributed by atoms with E-state index in [4.69, 9.17) is 4.74 Å². The van der Waals surface area contributed by atoms with Gasteiger partial charge in [-0.25, -0.2) is 0 Å². The van der Waals surface area contributed by atoms with E-state index in [9.17, 15) is 4.79 Å². The molecule has 1 aliphatic rings. The number of ketones is 1. The molecule has 0 aliphatic carbocycles. The molecule has 0 aromatic heterocycles. The van der Waals surface area contributed by atoms with Crippen molar-refractivity contribution in [3.05, 3.63) is 28.8 Å². The number of carbonyl (C=O) groups excluding carboxylic acids is 1. The van der Waals surface area contributed by atoms with Gasteiger partial charge >= 0.3 is 0 Å². The Balaban J connectivity index is 2.52. The van der Waals surface area contributed by atoms with Crippen LogP contribution in [0.5, 0.6) is 5.75 Å². The fourth-order valence-electron chi connectivity index (χ4n) is 2.57. The van der Waals surface area contributed by atoms with E-state index in [-0.39, 0.29) is 11.7 Å². The summed E-state index contributed by atoms with van der Waals surface area (Å²) in [5.41, 5.74) is 3.25. The first-order chi connectivity index (χ1) is 9.00. The van der Waals surface area contributed by atoms with Crippen LogP contribution in [0.1, 0.15) is 67.9 Å². The van der Waals surface area contributed by atoms with Gasteiger partial charge in [0.25, 0.3) is 0 Å². The van der Waals surface area contributed by atoms with Crippen LogP contribution >= 0.6 is 0 Å². The van der Waals surface area contributed by atoms with E-state index in [1.165, 1.54) is 11.1 Å². The first kappa shape index (κ1) is 14.1. The maximum absolute atomic E-state index is 12.3. The third-order valence-electron chi connectivity index (χ3n) is 3.71. The molecule has 0 atom stereocenters. The summed E-state index contributed by atoms with van der Waals surface area (Å²) in [6, 6.07) is 4.09. The summed E-state index contributed by atoms with van der Waals surface area (Å²) in [4.78, 5) is 12.3. The lowest BCUT2D eigenvalue weighted by Gasteiger charge is -2.18. The minimum absolute atomic E-state index is 0.0461. The molecule has 0 spiro atoms. The van der Waals surface area contributed by atoms with Crippen LogP contribution in [0.2, 0.25) is 0 Å². The van der Waals surface area contributed by atoms with Crippen LogP contribution in [0, 0.1) is 5.92 Å². The van der Waals surface area contributed by atoms with Crippen molar-refractivity contribution < 1.29 is 9.53 Å². The van der Waals surface area contributed by atoms with Gasteiger partial charge < -0.3 is 4.74 Å². The van der Waals surface area contributed by atoms with Crippen molar-refractivity contribution in [2.24, 2.45) is 5.92 Å². The van der Waals surface area contributed by atoms with Gasteiger partial charge in [-0.05, 0) is 48.4 Å². The van der Waals surface area contributed by atoms with Crippen molar-refractivity contribution in [1.29, 1.82) is 0 Å². The summed E-state index contributed by atoms with van der Waals surface area (Å²) in [7, 11) is 0. The quantitative estimate of drug-likeness (QED) is 0.755. The molecule has 0 radical (unpaired) electrons. The lowest BCUT2D eigenvalue weighted by atomic mass is 9.91. The van der Waals surface area contributed by atoms with Gasteiger partial charge in [-0.1, -0.05) is 27.7 Å². The predicted octanol–water partition coefficient (Wildman–Crippen LogP) is 4.36. The molecule has 1 aromatic rings. The highest BCUT2D eigenvalue weighted by Gasteiger charge is 2.20. The Labute approximate surface area is 116 Å². The second-order valence-corrected chi connectivity index (χ2v) is 6.03. The second kappa shape index (κ2) is 5.77. The monoisotopic (exact) mass is 260 g/mol. The van der Waals surface area contributed by atoms with Gasteiger partial charge in [-0.15, -0.1) is 0 Å². The minimum Gasteiger partial charge on any atom is -0.493 e. The third kappa shape index (κ3) is 2.99. The molecule has 0 amide bonds. The van der Waals surface area contributed by atoms with Gasteiger partial charge in [0.05, 0.1) is 6.61 Å². The zero-order valence-corrected chi connectivity index (χ0v) is 12.5. The number of carbonyl (C=O) groups is 1. The van der Waals surface area contributed by atoms with E-state index < -0.39 is 0 Å². The SMILES string of the molecule is CC(C)C(=O)c1cc2c(c(C(C)C)c1)OCCCC2. The smallest absolute Gasteiger partial charge is 0.165 e. The fourth-order valence-corrected chi connectivity index (χ4v) is 2.57. The lowest BCUT2D eigenvalue weighted by Crippen LogP contribution is -2.10. The number of Topliss-reactive ketones (excluding diaryl/α,β-unsaturated/α-hetero) is 1. The van der Waals surface area contributed by atoms with E-state index in [0.717, 1.165) is 37.2 Å². The Bertz CT molecular complexity index is 472. The number of aryl methyl sites for hydroxylation is 1.